The number of ether oxygens (including phenoxy) is 1. The summed E-state index contributed by atoms with van der Waals surface area (Å²) in [5, 5.41) is 10.1. The molecule has 0 aromatic heterocycles. The first-order chi connectivity index (χ1) is 4.70. The minimum atomic E-state index is -0.268. The predicted octanol–water partition coefficient (Wildman–Crippen LogP) is 1.15. The molecule has 0 amide bonds. The molecule has 0 heterocycles. The molecule has 0 N–H and O–H groups in total. The highest BCUT2D eigenvalue weighted by atomic mass is 32.2. The topological polar surface area (TPSA) is 50.1 Å². The lowest BCUT2D eigenvalue weighted by molar-refractivity contribution is -0.140. The third-order valence-corrected chi connectivity index (χ3v) is 1.61. The van der Waals surface area contributed by atoms with Gasteiger partial charge in [0.25, 0.3) is 0 Å². The summed E-state index contributed by atoms with van der Waals surface area (Å²) in [5.74, 6) is -0.268. The third-order valence-electron chi connectivity index (χ3n) is 0.936. The van der Waals surface area contributed by atoms with Gasteiger partial charge in [-0.3, -0.25) is 4.79 Å². The van der Waals surface area contributed by atoms with Crippen LogP contribution in [0.4, 0.5) is 0 Å². The predicted molar refractivity (Wildman–Crippen MR) is 39.3 cm³/mol. The van der Waals surface area contributed by atoms with Gasteiger partial charge in [0.15, 0.2) is 0 Å². The van der Waals surface area contributed by atoms with Gasteiger partial charge in [-0.1, -0.05) is 6.92 Å². The van der Waals surface area contributed by atoms with Crippen LogP contribution in [0.25, 0.3) is 0 Å². The molecule has 1 unspecified atom stereocenters. The molecular formula is C6H9NO2S. The van der Waals surface area contributed by atoms with Gasteiger partial charge in [0.05, 0.1) is 13.5 Å². The first-order valence-electron chi connectivity index (χ1n) is 2.82. The highest BCUT2D eigenvalue weighted by Crippen LogP contribution is 2.11. The zero-order valence-corrected chi connectivity index (χ0v) is 6.77. The van der Waals surface area contributed by atoms with Crippen LogP contribution >= 0.6 is 11.8 Å². The van der Waals surface area contributed by atoms with Crippen LogP contribution < -0.4 is 0 Å². The van der Waals surface area contributed by atoms with Crippen molar-refractivity contribution in [1.29, 1.82) is 5.26 Å². The monoisotopic (exact) mass is 159 g/mol. The van der Waals surface area contributed by atoms with E-state index in [1.807, 2.05) is 12.3 Å². The van der Waals surface area contributed by atoms with E-state index < -0.39 is 0 Å². The van der Waals surface area contributed by atoms with Crippen molar-refractivity contribution < 1.29 is 9.53 Å². The molecule has 0 fully saturated rings. The van der Waals surface area contributed by atoms with Gasteiger partial charge in [0, 0.05) is 5.25 Å². The maximum atomic E-state index is 10.6. The number of thioether (sulfide) groups is 1. The number of carbonyl (C=O) groups excluding carboxylic acids is 1. The molecule has 0 saturated carbocycles. The number of esters is 1. The quantitative estimate of drug-likeness (QED) is 0.458. The lowest BCUT2D eigenvalue weighted by Crippen LogP contribution is -2.07. The number of thiocyanates is 1. The molecule has 4 heteroatoms. The number of methoxy groups -OCH3 is 1. The second kappa shape index (κ2) is 5.12. The van der Waals surface area contributed by atoms with E-state index in [0.717, 1.165) is 11.8 Å². The van der Waals surface area contributed by atoms with Crippen LogP contribution in [0.3, 0.4) is 0 Å². The summed E-state index contributed by atoms with van der Waals surface area (Å²) < 4.78 is 4.41. The van der Waals surface area contributed by atoms with E-state index in [2.05, 4.69) is 4.74 Å². The Kier molecular flexibility index (Phi) is 4.77. The van der Waals surface area contributed by atoms with E-state index in [0.29, 0.717) is 6.42 Å². The fraction of sp³-hybridized carbons (Fsp3) is 0.667. The van der Waals surface area contributed by atoms with Crippen LogP contribution in [0, 0.1) is 10.7 Å². The molecule has 0 rings (SSSR count). The van der Waals surface area contributed by atoms with Gasteiger partial charge in [-0.15, -0.1) is 0 Å². The molecule has 0 aliphatic carbocycles. The fourth-order valence-electron chi connectivity index (χ4n) is 0.450. The summed E-state index contributed by atoms with van der Waals surface area (Å²) in [5.41, 5.74) is 0. The molecule has 0 aromatic carbocycles. The average molecular weight is 159 g/mol. The molecule has 1 atom stereocenters. The van der Waals surface area contributed by atoms with Crippen LogP contribution in [0.5, 0.6) is 0 Å². The Hall–Kier alpha value is -0.690. The van der Waals surface area contributed by atoms with Gasteiger partial charge in [-0.05, 0) is 11.8 Å². The number of hydrogen-bond acceptors (Lipinski definition) is 4. The number of nitriles is 1. The van der Waals surface area contributed by atoms with Crippen molar-refractivity contribution in [3.05, 3.63) is 0 Å². The molecule has 0 aliphatic rings. The van der Waals surface area contributed by atoms with Crippen molar-refractivity contribution in [3.8, 4) is 5.40 Å². The Bertz CT molecular complexity index is 152. The maximum Gasteiger partial charge on any atom is 0.306 e. The standard InChI is InChI=1S/C6H9NO2S/c1-5(10-4-7)3-6(8)9-2/h5H,3H2,1-2H3. The third kappa shape index (κ3) is 4.21. The molecule has 3 nitrogen and oxygen atoms in total. The molecule has 0 aromatic rings. The zero-order chi connectivity index (χ0) is 7.98. The molecule has 0 radical (unpaired) electrons. The lowest BCUT2D eigenvalue weighted by atomic mass is 10.3. The summed E-state index contributed by atoms with van der Waals surface area (Å²) >= 11 is 1.08. The van der Waals surface area contributed by atoms with Gasteiger partial charge in [0.1, 0.15) is 5.40 Å². The minimum Gasteiger partial charge on any atom is -0.469 e. The summed E-state index contributed by atoms with van der Waals surface area (Å²) in [6, 6.07) is 0. The second-order valence-corrected chi connectivity index (χ2v) is 3.02. The van der Waals surface area contributed by atoms with E-state index >= 15 is 0 Å². The Morgan fingerprint density at radius 1 is 1.90 bits per heavy atom. The SMILES string of the molecule is COC(=O)CC(C)SC#N. The van der Waals surface area contributed by atoms with Crippen LogP contribution in [0.2, 0.25) is 0 Å². The van der Waals surface area contributed by atoms with Gasteiger partial charge in [-0.2, -0.15) is 5.26 Å². The average Bonchev–Trinajstić information content (AvgIpc) is 1.88. The van der Waals surface area contributed by atoms with Crippen LogP contribution in [0.15, 0.2) is 0 Å². The molecule has 0 aliphatic heterocycles. The van der Waals surface area contributed by atoms with E-state index in [-0.39, 0.29) is 11.2 Å². The molecule has 0 saturated heterocycles. The largest absolute Gasteiger partial charge is 0.469 e. The Morgan fingerprint density at radius 3 is 2.90 bits per heavy atom. The minimum absolute atomic E-state index is 0.0254. The Labute approximate surface area is 64.4 Å². The second-order valence-electron chi connectivity index (χ2n) is 1.80. The van der Waals surface area contributed by atoms with Crippen molar-refractivity contribution in [3.63, 3.8) is 0 Å². The normalized spacial score (nSPS) is 11.7. The Balaban J connectivity index is 3.49. The number of nitrogens with zero attached hydrogens (tertiary/aromatic N) is 1. The molecule has 0 spiro atoms. The summed E-state index contributed by atoms with van der Waals surface area (Å²) in [6.07, 6.45) is 0.300. The highest BCUT2D eigenvalue weighted by Gasteiger charge is 2.08. The van der Waals surface area contributed by atoms with Crippen molar-refractivity contribution in [1.82, 2.24) is 0 Å². The summed E-state index contributed by atoms with van der Waals surface area (Å²) in [4.78, 5) is 10.6. The highest BCUT2D eigenvalue weighted by molar-refractivity contribution is 8.04. The van der Waals surface area contributed by atoms with Crippen LogP contribution in [-0.2, 0) is 9.53 Å². The van der Waals surface area contributed by atoms with Crippen LogP contribution in [0.1, 0.15) is 13.3 Å². The zero-order valence-electron chi connectivity index (χ0n) is 5.96. The van der Waals surface area contributed by atoms with Crippen molar-refractivity contribution in [2.75, 3.05) is 7.11 Å². The van der Waals surface area contributed by atoms with Gasteiger partial charge < -0.3 is 4.74 Å². The van der Waals surface area contributed by atoms with Crippen molar-refractivity contribution in [2.45, 2.75) is 18.6 Å². The first kappa shape index (κ1) is 9.31. The number of carbonyl (C=O) groups is 1. The van der Waals surface area contributed by atoms with Gasteiger partial charge in [-0.25, -0.2) is 0 Å². The maximum absolute atomic E-state index is 10.6. The number of rotatable bonds is 3. The van der Waals surface area contributed by atoms with E-state index in [1.165, 1.54) is 7.11 Å². The summed E-state index contributed by atoms with van der Waals surface area (Å²) in [7, 11) is 1.34. The Morgan fingerprint density at radius 2 is 2.50 bits per heavy atom. The fourth-order valence-corrected chi connectivity index (χ4v) is 0.849. The lowest BCUT2D eigenvalue weighted by Gasteiger charge is -2.02. The molecule has 10 heavy (non-hydrogen) atoms. The van der Waals surface area contributed by atoms with E-state index in [4.69, 9.17) is 5.26 Å². The van der Waals surface area contributed by atoms with Crippen molar-refractivity contribution in [2.24, 2.45) is 0 Å². The summed E-state index contributed by atoms with van der Waals surface area (Å²) in [6.45, 7) is 1.81. The number of hydrogen-bond donors (Lipinski definition) is 0. The van der Waals surface area contributed by atoms with Crippen molar-refractivity contribution >= 4 is 17.7 Å². The van der Waals surface area contributed by atoms with Gasteiger partial charge >= 0.3 is 5.97 Å². The molecule has 56 valence electrons. The molecular weight excluding hydrogens is 150 g/mol. The molecule has 0 bridgehead atoms. The van der Waals surface area contributed by atoms with Gasteiger partial charge in [0.2, 0.25) is 0 Å². The van der Waals surface area contributed by atoms with E-state index in [9.17, 15) is 4.79 Å². The van der Waals surface area contributed by atoms with E-state index in [1.54, 1.807) is 0 Å². The first-order valence-corrected chi connectivity index (χ1v) is 3.70. The smallest absolute Gasteiger partial charge is 0.306 e. The van der Waals surface area contributed by atoms with Crippen LogP contribution in [-0.4, -0.2) is 18.3 Å².